The van der Waals surface area contributed by atoms with Crippen molar-refractivity contribution < 1.29 is 0 Å². The van der Waals surface area contributed by atoms with Gasteiger partial charge in [-0.05, 0) is 37.1 Å². The van der Waals surface area contributed by atoms with Crippen molar-refractivity contribution in [2.24, 2.45) is 0 Å². The molecular weight excluding hydrogens is 260 g/mol. The smallest absolute Gasteiger partial charge is 0.0679 e. The Morgan fingerprint density at radius 1 is 1.19 bits per heavy atom. The zero-order valence-electron chi connectivity index (χ0n) is 12.7. The van der Waals surface area contributed by atoms with E-state index in [1.807, 2.05) is 23.1 Å². The fraction of sp³-hybridized carbons (Fsp3) is 0.471. The Morgan fingerprint density at radius 3 is 2.71 bits per heavy atom. The van der Waals surface area contributed by atoms with Crippen LogP contribution in [0.15, 0.2) is 42.7 Å². The van der Waals surface area contributed by atoms with E-state index >= 15 is 0 Å². The van der Waals surface area contributed by atoms with Crippen LogP contribution in [0.25, 0.3) is 0 Å². The van der Waals surface area contributed by atoms with Gasteiger partial charge in [0.05, 0.1) is 6.54 Å². The van der Waals surface area contributed by atoms with Crippen LogP contribution in [0.2, 0.25) is 0 Å². The molecule has 1 fully saturated rings. The molecule has 0 bridgehead atoms. The molecule has 0 amide bonds. The van der Waals surface area contributed by atoms with E-state index in [4.69, 9.17) is 0 Å². The van der Waals surface area contributed by atoms with Crippen molar-refractivity contribution in [3.63, 3.8) is 0 Å². The summed E-state index contributed by atoms with van der Waals surface area (Å²) in [5, 5.41) is 8.04. The largest absolute Gasteiger partial charge is 0.382 e. The summed E-state index contributed by atoms with van der Waals surface area (Å²) in [5.74, 6) is 0. The number of hydrogen-bond donors (Lipinski definition) is 1. The number of likely N-dealkylation sites (tertiary alicyclic amines) is 1. The summed E-state index contributed by atoms with van der Waals surface area (Å²) < 4.78 is 1.97. The van der Waals surface area contributed by atoms with Crippen LogP contribution in [0.3, 0.4) is 0 Å². The van der Waals surface area contributed by atoms with Gasteiger partial charge in [-0.25, -0.2) is 0 Å². The molecule has 2 heterocycles. The molecule has 1 aliphatic heterocycles. The van der Waals surface area contributed by atoms with Crippen LogP contribution in [0.1, 0.15) is 25.3 Å². The second-order valence-corrected chi connectivity index (χ2v) is 5.71. The third-order valence-electron chi connectivity index (χ3n) is 4.30. The Balaban J connectivity index is 1.65. The molecule has 0 unspecified atom stereocenters. The second-order valence-electron chi connectivity index (χ2n) is 5.71. The van der Waals surface area contributed by atoms with Crippen LogP contribution in [0, 0.1) is 0 Å². The zero-order chi connectivity index (χ0) is 14.5. The van der Waals surface area contributed by atoms with Crippen LogP contribution in [-0.2, 0) is 6.54 Å². The minimum absolute atomic E-state index is 0.589. The van der Waals surface area contributed by atoms with Gasteiger partial charge >= 0.3 is 0 Å². The average molecular weight is 284 g/mol. The number of piperidine rings is 1. The lowest BCUT2D eigenvalue weighted by molar-refractivity contribution is 0.229. The minimum atomic E-state index is 0.589. The molecule has 112 valence electrons. The van der Waals surface area contributed by atoms with Crippen LogP contribution in [0.4, 0.5) is 5.69 Å². The molecule has 1 aliphatic rings. The summed E-state index contributed by atoms with van der Waals surface area (Å²) in [6.45, 7) is 6.64. The Hall–Kier alpha value is -1.81. The molecule has 2 aromatic rings. The van der Waals surface area contributed by atoms with E-state index in [1.54, 1.807) is 0 Å². The zero-order valence-corrected chi connectivity index (χ0v) is 12.7. The Morgan fingerprint density at radius 2 is 2.00 bits per heavy atom. The van der Waals surface area contributed by atoms with Crippen LogP contribution in [-0.4, -0.2) is 40.4 Å². The van der Waals surface area contributed by atoms with Crippen LogP contribution >= 0.6 is 0 Å². The van der Waals surface area contributed by atoms with E-state index in [2.05, 4.69) is 46.5 Å². The van der Waals surface area contributed by atoms with Gasteiger partial charge in [0.15, 0.2) is 0 Å². The molecule has 21 heavy (non-hydrogen) atoms. The first-order valence-electron chi connectivity index (χ1n) is 7.89. The summed E-state index contributed by atoms with van der Waals surface area (Å²) in [6, 6.07) is 11.1. The number of aromatic nitrogens is 2. The van der Waals surface area contributed by atoms with Gasteiger partial charge in [-0.1, -0.05) is 25.1 Å². The van der Waals surface area contributed by atoms with Crippen molar-refractivity contribution >= 4 is 5.69 Å². The molecule has 0 atom stereocenters. The molecule has 0 aliphatic carbocycles. The van der Waals surface area contributed by atoms with Gasteiger partial charge in [0, 0.05) is 37.2 Å². The summed E-state index contributed by atoms with van der Waals surface area (Å²) in [4.78, 5) is 2.52. The molecule has 1 aromatic heterocycles. The number of hydrogen-bond acceptors (Lipinski definition) is 3. The Bertz CT molecular complexity index is 542. The van der Waals surface area contributed by atoms with E-state index in [0.717, 1.165) is 6.54 Å². The standard InChI is InChI=1S/C17H24N4/c1-2-20-12-8-16(9-13-20)19-17-7-4-3-6-15(17)14-21-11-5-10-18-21/h3-7,10-11,16,19H,2,8-9,12-14H2,1H3. The van der Waals surface area contributed by atoms with Crippen molar-refractivity contribution in [3.8, 4) is 0 Å². The van der Waals surface area contributed by atoms with Gasteiger partial charge in [0.2, 0.25) is 0 Å². The van der Waals surface area contributed by atoms with Gasteiger partial charge in [-0.3, -0.25) is 4.68 Å². The lowest BCUT2D eigenvalue weighted by Gasteiger charge is -2.32. The molecule has 0 spiro atoms. The third-order valence-corrected chi connectivity index (χ3v) is 4.30. The fourth-order valence-electron chi connectivity index (χ4n) is 2.98. The van der Waals surface area contributed by atoms with Crippen molar-refractivity contribution in [3.05, 3.63) is 48.3 Å². The fourth-order valence-corrected chi connectivity index (χ4v) is 2.98. The molecule has 4 heteroatoms. The highest BCUT2D eigenvalue weighted by molar-refractivity contribution is 5.51. The summed E-state index contributed by atoms with van der Waals surface area (Å²) in [6.07, 6.45) is 6.29. The average Bonchev–Trinajstić information content (AvgIpc) is 3.03. The SMILES string of the molecule is CCN1CCC(Nc2ccccc2Cn2cccn2)CC1. The first kappa shape index (κ1) is 14.1. The highest BCUT2D eigenvalue weighted by Gasteiger charge is 2.18. The lowest BCUT2D eigenvalue weighted by Crippen LogP contribution is -2.39. The van der Waals surface area contributed by atoms with E-state index in [1.165, 1.54) is 43.7 Å². The minimum Gasteiger partial charge on any atom is -0.382 e. The van der Waals surface area contributed by atoms with E-state index in [9.17, 15) is 0 Å². The van der Waals surface area contributed by atoms with Gasteiger partial charge < -0.3 is 10.2 Å². The normalized spacial score (nSPS) is 17.0. The van der Waals surface area contributed by atoms with Crippen molar-refractivity contribution in [2.75, 3.05) is 25.0 Å². The molecule has 1 aromatic carbocycles. The summed E-state index contributed by atoms with van der Waals surface area (Å²) in [7, 11) is 0. The number of rotatable bonds is 5. The number of nitrogens with one attached hydrogen (secondary N) is 1. The van der Waals surface area contributed by atoms with Gasteiger partial charge in [-0.2, -0.15) is 5.10 Å². The monoisotopic (exact) mass is 284 g/mol. The highest BCUT2D eigenvalue weighted by Crippen LogP contribution is 2.21. The molecular formula is C17H24N4. The van der Waals surface area contributed by atoms with E-state index in [-0.39, 0.29) is 0 Å². The quantitative estimate of drug-likeness (QED) is 0.916. The first-order valence-corrected chi connectivity index (χ1v) is 7.89. The van der Waals surface area contributed by atoms with Gasteiger partial charge in [0.25, 0.3) is 0 Å². The molecule has 4 nitrogen and oxygen atoms in total. The molecule has 0 saturated carbocycles. The maximum Gasteiger partial charge on any atom is 0.0679 e. The number of para-hydroxylation sites is 1. The first-order chi connectivity index (χ1) is 10.3. The third kappa shape index (κ3) is 3.64. The van der Waals surface area contributed by atoms with Gasteiger partial charge in [-0.15, -0.1) is 0 Å². The maximum atomic E-state index is 4.30. The van der Waals surface area contributed by atoms with Crippen molar-refractivity contribution in [2.45, 2.75) is 32.4 Å². The number of anilines is 1. The van der Waals surface area contributed by atoms with Crippen molar-refractivity contribution in [1.29, 1.82) is 0 Å². The molecule has 3 rings (SSSR count). The Labute approximate surface area is 126 Å². The van der Waals surface area contributed by atoms with Crippen molar-refractivity contribution in [1.82, 2.24) is 14.7 Å². The predicted octanol–water partition coefficient (Wildman–Crippen LogP) is 2.83. The topological polar surface area (TPSA) is 33.1 Å². The van der Waals surface area contributed by atoms with E-state index < -0.39 is 0 Å². The Kier molecular flexibility index (Phi) is 4.55. The summed E-state index contributed by atoms with van der Waals surface area (Å²) >= 11 is 0. The maximum absolute atomic E-state index is 4.30. The molecule has 1 saturated heterocycles. The summed E-state index contributed by atoms with van der Waals surface area (Å²) in [5.41, 5.74) is 2.56. The van der Waals surface area contributed by atoms with Gasteiger partial charge in [0.1, 0.15) is 0 Å². The molecule has 1 N–H and O–H groups in total. The predicted molar refractivity (Wildman–Crippen MR) is 86.5 cm³/mol. The lowest BCUT2D eigenvalue weighted by atomic mass is 10.0. The molecule has 0 radical (unpaired) electrons. The van der Waals surface area contributed by atoms with E-state index in [0.29, 0.717) is 6.04 Å². The number of benzene rings is 1. The number of nitrogens with zero attached hydrogens (tertiary/aromatic N) is 3. The second kappa shape index (κ2) is 6.76. The highest BCUT2D eigenvalue weighted by atomic mass is 15.3. The van der Waals surface area contributed by atoms with Crippen LogP contribution in [0.5, 0.6) is 0 Å². The van der Waals surface area contributed by atoms with Crippen LogP contribution < -0.4 is 5.32 Å².